The van der Waals surface area contributed by atoms with Crippen molar-refractivity contribution in [1.82, 2.24) is 0 Å². The largest absolute Gasteiger partial charge is 0.493 e. The smallest absolute Gasteiger partial charge is 0.231 e. The van der Waals surface area contributed by atoms with E-state index in [1.54, 1.807) is 7.11 Å². The average molecular weight is 470 g/mol. The van der Waals surface area contributed by atoms with E-state index in [-0.39, 0.29) is 25.7 Å². The molecule has 7 nitrogen and oxygen atoms in total. The van der Waals surface area contributed by atoms with Crippen molar-refractivity contribution in [1.29, 1.82) is 0 Å². The second-order valence-electron chi connectivity index (χ2n) is 8.58. The van der Waals surface area contributed by atoms with Gasteiger partial charge in [0.15, 0.2) is 35.7 Å². The van der Waals surface area contributed by atoms with Gasteiger partial charge in [-0.2, -0.15) is 4.57 Å². The molecule has 2 aliphatic heterocycles. The van der Waals surface area contributed by atoms with Gasteiger partial charge in [-0.3, -0.25) is 4.79 Å². The van der Waals surface area contributed by atoms with Gasteiger partial charge in [-0.15, -0.1) is 0 Å². The summed E-state index contributed by atoms with van der Waals surface area (Å²) >= 11 is 0. The summed E-state index contributed by atoms with van der Waals surface area (Å²) < 4.78 is 25.1. The first-order valence-electron chi connectivity index (χ1n) is 11.6. The van der Waals surface area contributed by atoms with Gasteiger partial charge < -0.3 is 24.3 Å². The Hall–Kier alpha value is -4.26. The summed E-state index contributed by atoms with van der Waals surface area (Å²) in [5.74, 6) is 2.78. The SMILES string of the molecule is COc1ccc2cc3[n+](cc2c1OCCC(=O)Nc1ccccc1)CCc1cc2c(cc1-3)OCO2. The summed E-state index contributed by atoms with van der Waals surface area (Å²) in [5, 5.41) is 4.87. The number of carbonyl (C=O) groups excluding carboxylic acids is 1. The summed E-state index contributed by atoms with van der Waals surface area (Å²) in [7, 11) is 1.63. The summed E-state index contributed by atoms with van der Waals surface area (Å²) in [6.07, 6.45) is 3.24. The van der Waals surface area contributed by atoms with Crippen molar-refractivity contribution >= 4 is 22.4 Å². The van der Waals surface area contributed by atoms with Crippen LogP contribution in [0.4, 0.5) is 5.69 Å². The number of carbonyl (C=O) groups is 1. The van der Waals surface area contributed by atoms with E-state index >= 15 is 0 Å². The van der Waals surface area contributed by atoms with Gasteiger partial charge >= 0.3 is 0 Å². The predicted molar refractivity (Wildman–Crippen MR) is 131 cm³/mol. The quantitative estimate of drug-likeness (QED) is 0.421. The molecule has 1 aromatic heterocycles. The second-order valence-corrected chi connectivity index (χ2v) is 8.58. The molecule has 4 aromatic rings. The number of amides is 1. The molecule has 1 N–H and O–H groups in total. The molecule has 0 unspecified atom stereocenters. The Morgan fingerprint density at radius 1 is 1.06 bits per heavy atom. The number of anilines is 1. The number of aryl methyl sites for hydroxylation is 2. The van der Waals surface area contributed by atoms with Crippen molar-refractivity contribution in [3.8, 4) is 34.3 Å². The molecular weight excluding hydrogens is 444 g/mol. The number of aromatic nitrogens is 1. The molecule has 7 heteroatoms. The maximum atomic E-state index is 12.4. The number of nitrogens with one attached hydrogen (secondary N) is 1. The zero-order valence-corrected chi connectivity index (χ0v) is 19.4. The number of hydrogen-bond acceptors (Lipinski definition) is 5. The molecule has 0 saturated carbocycles. The van der Waals surface area contributed by atoms with E-state index in [1.165, 1.54) is 5.56 Å². The van der Waals surface area contributed by atoms with E-state index in [1.807, 2.05) is 42.5 Å². The average Bonchev–Trinajstić information content (AvgIpc) is 3.34. The third kappa shape index (κ3) is 3.99. The van der Waals surface area contributed by atoms with Gasteiger partial charge in [0.1, 0.15) is 0 Å². The minimum atomic E-state index is -0.0995. The predicted octanol–water partition coefficient (Wildman–Crippen LogP) is 4.50. The summed E-state index contributed by atoms with van der Waals surface area (Å²) in [4.78, 5) is 12.4. The lowest BCUT2D eigenvalue weighted by Crippen LogP contribution is -2.40. The fourth-order valence-electron chi connectivity index (χ4n) is 4.70. The van der Waals surface area contributed by atoms with Gasteiger partial charge in [0.25, 0.3) is 0 Å². The van der Waals surface area contributed by atoms with Crippen LogP contribution in [0.5, 0.6) is 23.0 Å². The molecule has 6 rings (SSSR count). The first-order chi connectivity index (χ1) is 17.2. The molecule has 0 radical (unpaired) electrons. The maximum Gasteiger partial charge on any atom is 0.231 e. The van der Waals surface area contributed by atoms with Crippen LogP contribution in [-0.2, 0) is 17.8 Å². The highest BCUT2D eigenvalue weighted by Crippen LogP contribution is 2.41. The Morgan fingerprint density at radius 2 is 1.89 bits per heavy atom. The molecule has 176 valence electrons. The van der Waals surface area contributed by atoms with E-state index in [9.17, 15) is 4.79 Å². The molecule has 3 aromatic carbocycles. The molecule has 0 spiro atoms. The Bertz CT molecular complexity index is 1430. The van der Waals surface area contributed by atoms with Crippen molar-refractivity contribution in [2.45, 2.75) is 19.4 Å². The monoisotopic (exact) mass is 469 g/mol. The summed E-state index contributed by atoms with van der Waals surface area (Å²) in [5.41, 5.74) is 4.29. The number of methoxy groups -OCH3 is 1. The Morgan fingerprint density at radius 3 is 2.71 bits per heavy atom. The Balaban J connectivity index is 1.28. The molecule has 0 aliphatic carbocycles. The zero-order chi connectivity index (χ0) is 23.8. The lowest BCUT2D eigenvalue weighted by molar-refractivity contribution is -0.686. The van der Waals surface area contributed by atoms with Crippen LogP contribution in [-0.4, -0.2) is 26.4 Å². The van der Waals surface area contributed by atoms with Gasteiger partial charge in [0.05, 0.1) is 31.1 Å². The van der Waals surface area contributed by atoms with Gasteiger partial charge in [0, 0.05) is 18.2 Å². The van der Waals surface area contributed by atoms with Gasteiger partial charge in [-0.1, -0.05) is 18.2 Å². The number of para-hydroxylation sites is 1. The number of nitrogens with zero attached hydrogens (tertiary/aromatic N) is 1. The third-order valence-corrected chi connectivity index (χ3v) is 6.43. The Labute approximate surface area is 202 Å². The van der Waals surface area contributed by atoms with Crippen molar-refractivity contribution in [2.24, 2.45) is 0 Å². The normalized spacial score (nSPS) is 13.2. The lowest BCUT2D eigenvalue weighted by atomic mass is 9.95. The first-order valence-corrected chi connectivity index (χ1v) is 11.6. The van der Waals surface area contributed by atoms with Crippen molar-refractivity contribution < 1.29 is 28.3 Å². The highest BCUT2D eigenvalue weighted by Gasteiger charge is 2.28. The molecule has 35 heavy (non-hydrogen) atoms. The molecule has 0 fully saturated rings. The van der Waals surface area contributed by atoms with Crippen LogP contribution in [0.1, 0.15) is 12.0 Å². The van der Waals surface area contributed by atoms with E-state index < -0.39 is 0 Å². The van der Waals surface area contributed by atoms with Crippen molar-refractivity contribution in [3.63, 3.8) is 0 Å². The molecule has 0 saturated heterocycles. The zero-order valence-electron chi connectivity index (χ0n) is 19.4. The van der Waals surface area contributed by atoms with Gasteiger partial charge in [0.2, 0.25) is 18.4 Å². The number of fused-ring (bicyclic) bond motifs is 5. The molecule has 3 heterocycles. The van der Waals surface area contributed by atoms with Crippen LogP contribution in [0, 0.1) is 0 Å². The van der Waals surface area contributed by atoms with Crippen LogP contribution < -0.4 is 28.8 Å². The van der Waals surface area contributed by atoms with Crippen molar-refractivity contribution in [2.75, 3.05) is 25.8 Å². The standard InChI is InChI=1S/C28H24N2O5/c1-32-24-8-7-18-13-23-21-15-26-25(34-17-35-26)14-19(21)9-11-30(23)16-22(18)28(24)33-12-10-27(31)29-20-5-3-2-4-6-20/h2-8,13-16H,9-12,17H2,1H3/p+1. The van der Waals surface area contributed by atoms with Crippen LogP contribution >= 0.6 is 0 Å². The summed E-state index contributed by atoms with van der Waals surface area (Å²) in [6, 6.07) is 19.7. The molecule has 2 aliphatic rings. The number of hydrogen-bond donors (Lipinski definition) is 1. The van der Waals surface area contributed by atoms with E-state index in [4.69, 9.17) is 18.9 Å². The highest BCUT2D eigenvalue weighted by molar-refractivity contribution is 5.92. The molecule has 0 bridgehead atoms. The van der Waals surface area contributed by atoms with Crippen LogP contribution in [0.25, 0.3) is 22.0 Å². The fourth-order valence-corrected chi connectivity index (χ4v) is 4.70. The van der Waals surface area contributed by atoms with Gasteiger partial charge in [-0.25, -0.2) is 0 Å². The number of rotatable bonds is 6. The van der Waals surface area contributed by atoms with E-state index in [2.05, 4.69) is 34.3 Å². The van der Waals surface area contributed by atoms with E-state index in [0.717, 1.165) is 52.2 Å². The molecule has 1 amide bonds. The number of ether oxygens (including phenoxy) is 4. The fraction of sp³-hybridized carbons (Fsp3) is 0.214. The number of benzene rings is 3. The molecule has 0 atom stereocenters. The summed E-state index contributed by atoms with van der Waals surface area (Å²) in [6.45, 7) is 1.34. The van der Waals surface area contributed by atoms with Crippen LogP contribution in [0.3, 0.4) is 0 Å². The van der Waals surface area contributed by atoms with E-state index in [0.29, 0.717) is 11.5 Å². The minimum absolute atomic E-state index is 0.0995. The van der Waals surface area contributed by atoms with Gasteiger partial charge in [-0.05, 0) is 47.3 Å². The lowest BCUT2D eigenvalue weighted by Gasteiger charge is -2.18. The second kappa shape index (κ2) is 8.83. The van der Waals surface area contributed by atoms with Crippen molar-refractivity contribution in [3.05, 3.63) is 72.4 Å². The topological polar surface area (TPSA) is 69.9 Å². The third-order valence-electron chi connectivity index (χ3n) is 6.43. The molecular formula is C28H25N2O5+. The number of pyridine rings is 1. The Kier molecular flexibility index (Phi) is 5.37. The maximum absolute atomic E-state index is 12.4. The van der Waals surface area contributed by atoms with Crippen LogP contribution in [0.15, 0.2) is 66.9 Å². The van der Waals surface area contributed by atoms with Crippen LogP contribution in [0.2, 0.25) is 0 Å². The highest BCUT2D eigenvalue weighted by atomic mass is 16.7. The minimum Gasteiger partial charge on any atom is -0.493 e. The first kappa shape index (κ1) is 21.3.